The molecule has 1 heteroatoms. The van der Waals surface area contributed by atoms with Crippen LogP contribution in [-0.4, -0.2) is 6.54 Å². The predicted octanol–water partition coefficient (Wildman–Crippen LogP) is 4.41. The van der Waals surface area contributed by atoms with Crippen LogP contribution in [0, 0.1) is 11.3 Å². The summed E-state index contributed by atoms with van der Waals surface area (Å²) in [6.07, 6.45) is 1.21. The Balaban J connectivity index is 2.69. The molecule has 1 atom stereocenters. The van der Waals surface area contributed by atoms with E-state index < -0.39 is 0 Å². The third kappa shape index (κ3) is 4.51. The van der Waals surface area contributed by atoms with Gasteiger partial charge in [0.25, 0.3) is 0 Å². The van der Waals surface area contributed by atoms with E-state index in [0.717, 1.165) is 6.54 Å². The Morgan fingerprint density at radius 2 is 1.71 bits per heavy atom. The Morgan fingerprint density at radius 1 is 1.12 bits per heavy atom. The van der Waals surface area contributed by atoms with Gasteiger partial charge in [-0.2, -0.15) is 0 Å². The summed E-state index contributed by atoms with van der Waals surface area (Å²) in [6, 6.07) is 11.2. The maximum absolute atomic E-state index is 3.73. The first kappa shape index (κ1) is 14.2. The SMILES string of the molecule is CCC(C)(C)CNC(c1ccccc1)C(C)C. The summed E-state index contributed by atoms with van der Waals surface area (Å²) in [5.41, 5.74) is 1.77. The van der Waals surface area contributed by atoms with E-state index in [0.29, 0.717) is 17.4 Å². The van der Waals surface area contributed by atoms with Crippen molar-refractivity contribution in [1.29, 1.82) is 0 Å². The molecule has 1 unspecified atom stereocenters. The van der Waals surface area contributed by atoms with Crippen LogP contribution in [0.15, 0.2) is 30.3 Å². The molecular formula is C16H27N. The lowest BCUT2D eigenvalue weighted by Gasteiger charge is -2.29. The number of hydrogen-bond acceptors (Lipinski definition) is 1. The lowest BCUT2D eigenvalue weighted by atomic mass is 9.88. The quantitative estimate of drug-likeness (QED) is 0.767. The molecule has 0 bridgehead atoms. The Bertz CT molecular complexity index is 314. The topological polar surface area (TPSA) is 12.0 Å². The second kappa shape index (κ2) is 6.20. The van der Waals surface area contributed by atoms with E-state index in [4.69, 9.17) is 0 Å². The van der Waals surface area contributed by atoms with Crippen molar-refractivity contribution in [2.75, 3.05) is 6.54 Å². The fraction of sp³-hybridized carbons (Fsp3) is 0.625. The molecule has 0 fully saturated rings. The van der Waals surface area contributed by atoms with E-state index in [1.165, 1.54) is 12.0 Å². The van der Waals surface area contributed by atoms with E-state index in [2.05, 4.69) is 70.3 Å². The minimum absolute atomic E-state index is 0.377. The zero-order chi connectivity index (χ0) is 12.9. The molecule has 1 N–H and O–H groups in total. The molecule has 0 saturated heterocycles. The first-order chi connectivity index (χ1) is 7.96. The summed E-state index contributed by atoms with van der Waals surface area (Å²) in [4.78, 5) is 0. The molecule has 1 nitrogen and oxygen atoms in total. The highest BCUT2D eigenvalue weighted by Gasteiger charge is 2.20. The van der Waals surface area contributed by atoms with Crippen molar-refractivity contribution in [1.82, 2.24) is 5.32 Å². The molecule has 1 aromatic rings. The third-order valence-electron chi connectivity index (χ3n) is 3.58. The normalized spacial score (nSPS) is 14.0. The number of rotatable bonds is 6. The summed E-state index contributed by atoms with van der Waals surface area (Å²) < 4.78 is 0. The van der Waals surface area contributed by atoms with Crippen LogP contribution >= 0.6 is 0 Å². The second-order valence-electron chi connectivity index (χ2n) is 6.03. The van der Waals surface area contributed by atoms with Gasteiger partial charge in [0.2, 0.25) is 0 Å². The molecule has 0 radical (unpaired) electrons. The molecule has 17 heavy (non-hydrogen) atoms. The number of hydrogen-bond donors (Lipinski definition) is 1. The largest absolute Gasteiger partial charge is 0.309 e. The average Bonchev–Trinajstić information content (AvgIpc) is 2.30. The van der Waals surface area contributed by atoms with Gasteiger partial charge in [-0.3, -0.25) is 0 Å². The highest BCUT2D eigenvalue weighted by Crippen LogP contribution is 2.24. The molecule has 0 spiro atoms. The highest BCUT2D eigenvalue weighted by molar-refractivity contribution is 5.19. The van der Waals surface area contributed by atoms with Crippen molar-refractivity contribution in [2.24, 2.45) is 11.3 Å². The molecule has 0 saturated carbocycles. The Kier molecular flexibility index (Phi) is 5.20. The van der Waals surface area contributed by atoms with E-state index in [9.17, 15) is 0 Å². The van der Waals surface area contributed by atoms with Crippen LogP contribution in [-0.2, 0) is 0 Å². The van der Waals surface area contributed by atoms with Gasteiger partial charge in [0.05, 0.1) is 0 Å². The Labute approximate surface area is 107 Å². The maximum Gasteiger partial charge on any atom is 0.0343 e. The van der Waals surface area contributed by atoms with Gasteiger partial charge in [-0.05, 0) is 23.3 Å². The van der Waals surface area contributed by atoms with Crippen molar-refractivity contribution in [3.8, 4) is 0 Å². The zero-order valence-electron chi connectivity index (χ0n) is 12.0. The van der Waals surface area contributed by atoms with Crippen LogP contribution in [0.3, 0.4) is 0 Å². The van der Waals surface area contributed by atoms with Crippen molar-refractivity contribution in [2.45, 2.75) is 47.1 Å². The van der Waals surface area contributed by atoms with Crippen LogP contribution < -0.4 is 5.32 Å². The third-order valence-corrected chi connectivity index (χ3v) is 3.58. The summed E-state index contributed by atoms with van der Waals surface area (Å²) in [6.45, 7) is 12.5. The summed E-state index contributed by atoms with van der Waals surface area (Å²) in [7, 11) is 0. The van der Waals surface area contributed by atoms with Crippen molar-refractivity contribution >= 4 is 0 Å². The molecule has 0 aliphatic rings. The Morgan fingerprint density at radius 3 is 2.18 bits per heavy atom. The van der Waals surface area contributed by atoms with Gasteiger partial charge >= 0.3 is 0 Å². The first-order valence-electron chi connectivity index (χ1n) is 6.74. The van der Waals surface area contributed by atoms with E-state index in [-0.39, 0.29) is 0 Å². The first-order valence-corrected chi connectivity index (χ1v) is 6.74. The summed E-state index contributed by atoms with van der Waals surface area (Å²) >= 11 is 0. The molecule has 1 rings (SSSR count). The van der Waals surface area contributed by atoms with Crippen molar-refractivity contribution in [3.05, 3.63) is 35.9 Å². The van der Waals surface area contributed by atoms with Gasteiger partial charge in [0.15, 0.2) is 0 Å². The van der Waals surface area contributed by atoms with Gasteiger partial charge in [0, 0.05) is 12.6 Å². The van der Waals surface area contributed by atoms with Gasteiger partial charge in [-0.15, -0.1) is 0 Å². The fourth-order valence-corrected chi connectivity index (χ4v) is 1.91. The minimum Gasteiger partial charge on any atom is -0.309 e. The highest BCUT2D eigenvalue weighted by atomic mass is 14.9. The van der Waals surface area contributed by atoms with Crippen LogP contribution in [0.4, 0.5) is 0 Å². The molecule has 0 aliphatic carbocycles. The summed E-state index contributed by atoms with van der Waals surface area (Å²) in [5, 5.41) is 3.73. The molecule has 96 valence electrons. The Hall–Kier alpha value is -0.820. The molecule has 0 heterocycles. The molecular weight excluding hydrogens is 206 g/mol. The van der Waals surface area contributed by atoms with Crippen LogP contribution in [0.2, 0.25) is 0 Å². The van der Waals surface area contributed by atoms with Gasteiger partial charge in [-0.1, -0.05) is 65.0 Å². The predicted molar refractivity (Wildman–Crippen MR) is 76.1 cm³/mol. The van der Waals surface area contributed by atoms with E-state index in [1.54, 1.807) is 0 Å². The average molecular weight is 233 g/mol. The lowest BCUT2D eigenvalue weighted by Crippen LogP contribution is -2.34. The smallest absolute Gasteiger partial charge is 0.0343 e. The van der Waals surface area contributed by atoms with Crippen LogP contribution in [0.25, 0.3) is 0 Å². The minimum atomic E-state index is 0.377. The monoisotopic (exact) mass is 233 g/mol. The van der Waals surface area contributed by atoms with Crippen molar-refractivity contribution < 1.29 is 0 Å². The summed E-state index contributed by atoms with van der Waals surface area (Å²) in [5.74, 6) is 0.616. The van der Waals surface area contributed by atoms with Gasteiger partial charge < -0.3 is 5.32 Å². The molecule has 0 amide bonds. The molecule has 0 aliphatic heterocycles. The fourth-order valence-electron chi connectivity index (χ4n) is 1.91. The zero-order valence-corrected chi connectivity index (χ0v) is 12.0. The van der Waals surface area contributed by atoms with Gasteiger partial charge in [-0.25, -0.2) is 0 Å². The van der Waals surface area contributed by atoms with Crippen LogP contribution in [0.5, 0.6) is 0 Å². The standard InChI is InChI=1S/C16H27N/c1-6-16(4,5)12-17-15(13(2)3)14-10-8-7-9-11-14/h7-11,13,15,17H,6,12H2,1-5H3. The molecule has 1 aromatic carbocycles. The second-order valence-corrected chi connectivity index (χ2v) is 6.03. The van der Waals surface area contributed by atoms with Crippen molar-refractivity contribution in [3.63, 3.8) is 0 Å². The number of benzene rings is 1. The van der Waals surface area contributed by atoms with Gasteiger partial charge in [0.1, 0.15) is 0 Å². The maximum atomic E-state index is 3.73. The van der Waals surface area contributed by atoms with E-state index in [1.807, 2.05) is 0 Å². The lowest BCUT2D eigenvalue weighted by molar-refractivity contribution is 0.287. The van der Waals surface area contributed by atoms with E-state index >= 15 is 0 Å². The number of nitrogens with one attached hydrogen (secondary N) is 1. The van der Waals surface area contributed by atoms with Crippen LogP contribution in [0.1, 0.15) is 52.6 Å². The molecule has 0 aromatic heterocycles.